The summed E-state index contributed by atoms with van der Waals surface area (Å²) in [7, 11) is 0. The lowest BCUT2D eigenvalue weighted by atomic mass is 10.2. The number of hydrogen-bond acceptors (Lipinski definition) is 4. The van der Waals surface area contributed by atoms with Crippen LogP contribution in [-0.2, 0) is 4.79 Å². The molecule has 2 aliphatic heterocycles. The molecule has 1 fully saturated rings. The molecule has 0 radical (unpaired) electrons. The predicted molar refractivity (Wildman–Crippen MR) is 100 cm³/mol. The summed E-state index contributed by atoms with van der Waals surface area (Å²) in [5, 5.41) is 5.52. The second kappa shape index (κ2) is 7.75. The van der Waals surface area contributed by atoms with E-state index in [4.69, 9.17) is 9.47 Å². The molecule has 2 N–H and O–H groups in total. The maximum absolute atomic E-state index is 13.4. The third-order valence-corrected chi connectivity index (χ3v) is 4.64. The number of urea groups is 1. The molecular formula is C20H20FN3O4. The summed E-state index contributed by atoms with van der Waals surface area (Å²) in [4.78, 5) is 25.9. The zero-order valence-electron chi connectivity index (χ0n) is 15.1. The summed E-state index contributed by atoms with van der Waals surface area (Å²) in [6, 6.07) is 12.5. The molecule has 0 unspecified atom stereocenters. The Kier molecular flexibility index (Phi) is 5.01. The zero-order valence-corrected chi connectivity index (χ0v) is 15.1. The van der Waals surface area contributed by atoms with Crippen molar-refractivity contribution in [1.82, 2.24) is 10.6 Å². The monoisotopic (exact) mass is 385 g/mol. The van der Waals surface area contributed by atoms with Crippen LogP contribution < -0.4 is 25.0 Å². The minimum Gasteiger partial charge on any atom is -0.486 e. The van der Waals surface area contributed by atoms with Crippen molar-refractivity contribution in [1.29, 1.82) is 0 Å². The number of carbonyl (C=O) groups excluding carboxylic acids is 2. The maximum atomic E-state index is 13.4. The van der Waals surface area contributed by atoms with Gasteiger partial charge in [-0.3, -0.25) is 4.79 Å². The maximum Gasteiger partial charge on any atom is 0.315 e. The second-order valence-corrected chi connectivity index (χ2v) is 6.74. The molecule has 0 saturated carbocycles. The number of benzene rings is 2. The molecule has 0 aromatic heterocycles. The Bertz CT molecular complexity index is 891. The van der Waals surface area contributed by atoms with Crippen LogP contribution in [0.1, 0.15) is 6.42 Å². The Morgan fingerprint density at radius 3 is 2.82 bits per heavy atom. The lowest BCUT2D eigenvalue weighted by Crippen LogP contribution is -2.47. The number of anilines is 1. The number of halogens is 1. The average molecular weight is 385 g/mol. The zero-order chi connectivity index (χ0) is 19.5. The molecule has 0 bridgehead atoms. The topological polar surface area (TPSA) is 79.9 Å². The van der Waals surface area contributed by atoms with Gasteiger partial charge in [0.05, 0.1) is 12.6 Å². The molecule has 4 rings (SSSR count). The predicted octanol–water partition coefficient (Wildman–Crippen LogP) is 2.07. The standard InChI is InChI=1S/C20H20FN3O4/c21-13-4-3-5-15(8-13)24-11-14(9-19(24)25)23-20(26)22-10-16-12-27-17-6-1-2-7-18(17)28-16/h1-8,14,16H,9-12H2,(H2,22,23,26)/t14-,16+/m0/s1. The van der Waals surface area contributed by atoms with E-state index in [9.17, 15) is 14.0 Å². The molecule has 8 heteroatoms. The highest BCUT2D eigenvalue weighted by atomic mass is 19.1. The van der Waals surface area contributed by atoms with Gasteiger partial charge in [0, 0.05) is 18.7 Å². The van der Waals surface area contributed by atoms with Gasteiger partial charge < -0.3 is 25.0 Å². The Balaban J connectivity index is 1.26. The van der Waals surface area contributed by atoms with Crippen LogP contribution in [0.2, 0.25) is 0 Å². The molecule has 2 aliphatic rings. The van der Waals surface area contributed by atoms with Crippen LogP contribution in [0, 0.1) is 5.82 Å². The summed E-state index contributed by atoms with van der Waals surface area (Å²) >= 11 is 0. The summed E-state index contributed by atoms with van der Waals surface area (Å²) in [5.41, 5.74) is 0.487. The molecule has 2 aromatic carbocycles. The van der Waals surface area contributed by atoms with Crippen molar-refractivity contribution in [2.45, 2.75) is 18.6 Å². The molecular weight excluding hydrogens is 365 g/mol. The van der Waals surface area contributed by atoms with E-state index in [-0.39, 0.29) is 37.0 Å². The van der Waals surface area contributed by atoms with Crippen molar-refractivity contribution < 1.29 is 23.5 Å². The summed E-state index contributed by atoms with van der Waals surface area (Å²) < 4.78 is 24.8. The van der Waals surface area contributed by atoms with E-state index >= 15 is 0 Å². The SMILES string of the molecule is O=C(NC[C@@H]1COc2ccccc2O1)N[C@H]1CC(=O)N(c2cccc(F)c2)C1. The average Bonchev–Trinajstić information content (AvgIpc) is 3.06. The van der Waals surface area contributed by atoms with Crippen LogP contribution >= 0.6 is 0 Å². The highest BCUT2D eigenvalue weighted by Gasteiger charge is 2.32. The minimum atomic E-state index is -0.407. The van der Waals surface area contributed by atoms with Gasteiger partial charge in [-0.15, -0.1) is 0 Å². The number of carbonyl (C=O) groups is 2. The van der Waals surface area contributed by atoms with Gasteiger partial charge in [-0.05, 0) is 30.3 Å². The van der Waals surface area contributed by atoms with Crippen LogP contribution in [0.15, 0.2) is 48.5 Å². The molecule has 28 heavy (non-hydrogen) atoms. The lowest BCUT2D eigenvalue weighted by Gasteiger charge is -2.26. The fourth-order valence-electron chi connectivity index (χ4n) is 3.30. The molecule has 2 heterocycles. The number of para-hydroxylation sites is 2. The van der Waals surface area contributed by atoms with Gasteiger partial charge in [0.15, 0.2) is 17.6 Å². The molecule has 0 spiro atoms. The van der Waals surface area contributed by atoms with Crippen LogP contribution in [0.3, 0.4) is 0 Å². The minimum absolute atomic E-state index is 0.156. The summed E-state index contributed by atoms with van der Waals surface area (Å²) in [6.07, 6.45) is -0.130. The summed E-state index contributed by atoms with van der Waals surface area (Å²) in [6.45, 7) is 0.910. The smallest absolute Gasteiger partial charge is 0.315 e. The van der Waals surface area contributed by atoms with Crippen molar-refractivity contribution in [3.8, 4) is 11.5 Å². The highest BCUT2D eigenvalue weighted by molar-refractivity contribution is 5.96. The van der Waals surface area contributed by atoms with Gasteiger partial charge in [-0.2, -0.15) is 0 Å². The second-order valence-electron chi connectivity index (χ2n) is 6.74. The largest absolute Gasteiger partial charge is 0.486 e. The van der Waals surface area contributed by atoms with Gasteiger partial charge in [-0.25, -0.2) is 9.18 Å². The quantitative estimate of drug-likeness (QED) is 0.845. The van der Waals surface area contributed by atoms with Gasteiger partial charge in [0.2, 0.25) is 5.91 Å². The van der Waals surface area contributed by atoms with Crippen molar-refractivity contribution in [2.24, 2.45) is 0 Å². The van der Waals surface area contributed by atoms with Crippen molar-refractivity contribution in [2.75, 3.05) is 24.6 Å². The Morgan fingerprint density at radius 2 is 2.00 bits per heavy atom. The van der Waals surface area contributed by atoms with Crippen molar-refractivity contribution >= 4 is 17.6 Å². The number of fused-ring (bicyclic) bond motifs is 1. The third-order valence-electron chi connectivity index (χ3n) is 4.64. The van der Waals surface area contributed by atoms with Crippen LogP contribution in [0.25, 0.3) is 0 Å². The fraction of sp³-hybridized carbons (Fsp3) is 0.300. The van der Waals surface area contributed by atoms with Gasteiger partial charge in [-0.1, -0.05) is 18.2 Å². The number of nitrogens with one attached hydrogen (secondary N) is 2. The number of amides is 3. The molecule has 2 aromatic rings. The van der Waals surface area contributed by atoms with Crippen molar-refractivity contribution in [3.05, 3.63) is 54.3 Å². The van der Waals surface area contributed by atoms with Gasteiger partial charge in [0.25, 0.3) is 0 Å². The highest BCUT2D eigenvalue weighted by Crippen LogP contribution is 2.30. The number of nitrogens with zero attached hydrogens (tertiary/aromatic N) is 1. The first-order valence-electron chi connectivity index (χ1n) is 9.07. The van der Waals surface area contributed by atoms with E-state index in [1.807, 2.05) is 24.3 Å². The van der Waals surface area contributed by atoms with E-state index in [1.54, 1.807) is 12.1 Å². The van der Waals surface area contributed by atoms with E-state index in [2.05, 4.69) is 10.6 Å². The van der Waals surface area contributed by atoms with Gasteiger partial charge >= 0.3 is 6.03 Å². The number of hydrogen-bond donors (Lipinski definition) is 2. The molecule has 7 nitrogen and oxygen atoms in total. The van der Waals surface area contributed by atoms with Crippen LogP contribution in [0.5, 0.6) is 11.5 Å². The van der Waals surface area contributed by atoms with E-state index in [0.717, 1.165) is 0 Å². The first kappa shape index (κ1) is 18.1. The number of ether oxygens (including phenoxy) is 2. The Labute approximate surface area is 161 Å². The summed E-state index contributed by atoms with van der Waals surface area (Å²) in [5.74, 6) is 0.769. The normalized spacial score (nSPS) is 20.8. The molecule has 146 valence electrons. The van der Waals surface area contributed by atoms with E-state index in [0.29, 0.717) is 30.3 Å². The third kappa shape index (κ3) is 4.00. The first-order chi connectivity index (χ1) is 13.6. The van der Waals surface area contributed by atoms with Crippen LogP contribution in [0.4, 0.5) is 14.9 Å². The van der Waals surface area contributed by atoms with E-state index < -0.39 is 5.82 Å². The molecule has 2 atom stereocenters. The first-order valence-corrected chi connectivity index (χ1v) is 9.07. The lowest BCUT2D eigenvalue weighted by molar-refractivity contribution is -0.117. The number of rotatable bonds is 4. The molecule has 3 amide bonds. The molecule has 0 aliphatic carbocycles. The van der Waals surface area contributed by atoms with Crippen molar-refractivity contribution in [3.63, 3.8) is 0 Å². The Morgan fingerprint density at radius 1 is 1.18 bits per heavy atom. The Hall–Kier alpha value is -3.29. The van der Waals surface area contributed by atoms with Crippen LogP contribution in [-0.4, -0.2) is 43.8 Å². The van der Waals surface area contributed by atoms with Gasteiger partial charge in [0.1, 0.15) is 12.4 Å². The van der Waals surface area contributed by atoms with E-state index in [1.165, 1.54) is 17.0 Å². The molecule has 1 saturated heterocycles. The fourth-order valence-corrected chi connectivity index (χ4v) is 3.30.